The van der Waals surface area contributed by atoms with E-state index in [4.69, 9.17) is 22.1 Å². The molecule has 4 heteroatoms. The van der Waals surface area contributed by atoms with E-state index in [2.05, 4.69) is 4.90 Å². The van der Waals surface area contributed by atoms with Crippen LogP contribution in [0.1, 0.15) is 12.0 Å². The quantitative estimate of drug-likeness (QED) is 0.896. The van der Waals surface area contributed by atoms with Crippen LogP contribution in [0.2, 0.25) is 5.02 Å². The smallest absolute Gasteiger partial charge is 0.0508 e. The summed E-state index contributed by atoms with van der Waals surface area (Å²) in [5, 5.41) is 0.771. The summed E-state index contributed by atoms with van der Waals surface area (Å²) < 4.78 is 5.21. The van der Waals surface area contributed by atoms with Crippen LogP contribution in [-0.4, -0.2) is 26.8 Å². The van der Waals surface area contributed by atoms with E-state index in [1.54, 1.807) is 7.11 Å². The molecule has 0 aromatic heterocycles. The number of rotatable bonds is 4. The van der Waals surface area contributed by atoms with Crippen molar-refractivity contribution in [3.05, 3.63) is 28.8 Å². The fourth-order valence-corrected chi connectivity index (χ4v) is 2.59. The molecule has 0 bridgehead atoms. The molecule has 1 aliphatic rings. The number of benzene rings is 1. The minimum atomic E-state index is 0.554. The van der Waals surface area contributed by atoms with Crippen molar-refractivity contribution in [1.82, 2.24) is 0 Å². The Morgan fingerprint density at radius 2 is 2.35 bits per heavy atom. The molecule has 1 atom stereocenters. The maximum absolute atomic E-state index is 6.06. The summed E-state index contributed by atoms with van der Waals surface area (Å²) in [5.41, 5.74) is 8.11. The van der Waals surface area contributed by atoms with Gasteiger partial charge in [0.1, 0.15) is 0 Å². The Morgan fingerprint density at radius 3 is 3.06 bits per heavy atom. The molecule has 0 amide bonds. The van der Waals surface area contributed by atoms with Crippen molar-refractivity contribution < 1.29 is 4.74 Å². The van der Waals surface area contributed by atoms with Gasteiger partial charge < -0.3 is 15.4 Å². The first-order valence-corrected chi connectivity index (χ1v) is 6.34. The van der Waals surface area contributed by atoms with Gasteiger partial charge in [0.15, 0.2) is 0 Å². The van der Waals surface area contributed by atoms with Crippen LogP contribution >= 0.6 is 11.6 Å². The molecule has 1 heterocycles. The standard InChI is InChI=1S/C13H19ClN2O/c1-17-9-10-4-5-16(8-10)13-6-12(14)3-2-11(13)7-15/h2-3,6,10H,4-5,7-9,15H2,1H3. The summed E-state index contributed by atoms with van der Waals surface area (Å²) in [7, 11) is 1.76. The Bertz CT molecular complexity index is 384. The summed E-state index contributed by atoms with van der Waals surface area (Å²) >= 11 is 6.06. The second-order valence-corrected chi connectivity index (χ2v) is 4.97. The van der Waals surface area contributed by atoms with Crippen molar-refractivity contribution in [2.45, 2.75) is 13.0 Å². The van der Waals surface area contributed by atoms with Gasteiger partial charge in [-0.1, -0.05) is 17.7 Å². The predicted octanol–water partition coefficient (Wildman–Crippen LogP) is 2.27. The zero-order chi connectivity index (χ0) is 12.3. The van der Waals surface area contributed by atoms with Crippen molar-refractivity contribution in [2.75, 3.05) is 31.7 Å². The third-order valence-electron chi connectivity index (χ3n) is 3.30. The lowest BCUT2D eigenvalue weighted by atomic mass is 10.1. The number of hydrogen-bond acceptors (Lipinski definition) is 3. The highest BCUT2D eigenvalue weighted by Gasteiger charge is 2.23. The molecule has 1 fully saturated rings. The molecule has 0 spiro atoms. The van der Waals surface area contributed by atoms with Gasteiger partial charge in [-0.2, -0.15) is 0 Å². The molecular formula is C13H19ClN2O. The third kappa shape index (κ3) is 2.92. The summed E-state index contributed by atoms with van der Waals surface area (Å²) in [4.78, 5) is 2.36. The van der Waals surface area contributed by atoms with Crippen LogP contribution in [0.25, 0.3) is 0 Å². The minimum absolute atomic E-state index is 0.554. The molecule has 17 heavy (non-hydrogen) atoms. The third-order valence-corrected chi connectivity index (χ3v) is 3.53. The Kier molecular flexibility index (Phi) is 4.26. The van der Waals surface area contributed by atoms with E-state index < -0.39 is 0 Å². The monoisotopic (exact) mass is 254 g/mol. The Labute approximate surface area is 107 Å². The minimum Gasteiger partial charge on any atom is -0.384 e. The van der Waals surface area contributed by atoms with E-state index in [-0.39, 0.29) is 0 Å². The number of nitrogens with two attached hydrogens (primary N) is 1. The molecule has 0 aliphatic carbocycles. The van der Waals surface area contributed by atoms with Gasteiger partial charge in [0.2, 0.25) is 0 Å². The number of hydrogen-bond donors (Lipinski definition) is 1. The first kappa shape index (κ1) is 12.7. The summed E-state index contributed by atoms with van der Waals surface area (Å²) in [6, 6.07) is 5.93. The lowest BCUT2D eigenvalue weighted by Crippen LogP contribution is -2.22. The van der Waals surface area contributed by atoms with Crippen molar-refractivity contribution in [3.63, 3.8) is 0 Å². The average Bonchev–Trinajstić information content (AvgIpc) is 2.78. The first-order chi connectivity index (χ1) is 8.24. The molecule has 2 rings (SSSR count). The van der Waals surface area contributed by atoms with Gasteiger partial charge in [0.05, 0.1) is 6.61 Å². The van der Waals surface area contributed by atoms with E-state index in [0.717, 1.165) is 30.3 Å². The number of anilines is 1. The molecule has 2 N–H and O–H groups in total. The van der Waals surface area contributed by atoms with Crippen LogP contribution in [0, 0.1) is 5.92 Å². The highest BCUT2D eigenvalue weighted by Crippen LogP contribution is 2.29. The lowest BCUT2D eigenvalue weighted by molar-refractivity contribution is 0.161. The molecule has 0 radical (unpaired) electrons. The number of nitrogens with zero attached hydrogens (tertiary/aromatic N) is 1. The van der Waals surface area contributed by atoms with E-state index in [1.807, 2.05) is 18.2 Å². The van der Waals surface area contributed by atoms with Crippen molar-refractivity contribution in [2.24, 2.45) is 11.7 Å². The maximum Gasteiger partial charge on any atom is 0.0508 e. The number of ether oxygens (including phenoxy) is 1. The van der Waals surface area contributed by atoms with Crippen LogP contribution in [0.4, 0.5) is 5.69 Å². The topological polar surface area (TPSA) is 38.5 Å². The highest BCUT2D eigenvalue weighted by molar-refractivity contribution is 6.30. The zero-order valence-corrected chi connectivity index (χ0v) is 10.9. The zero-order valence-electron chi connectivity index (χ0n) is 10.2. The maximum atomic E-state index is 6.06. The number of methoxy groups -OCH3 is 1. The summed E-state index contributed by atoms with van der Waals surface area (Å²) in [6.45, 7) is 3.47. The second kappa shape index (κ2) is 5.71. The van der Waals surface area contributed by atoms with Crippen LogP contribution in [-0.2, 0) is 11.3 Å². The molecule has 3 nitrogen and oxygen atoms in total. The average molecular weight is 255 g/mol. The summed E-state index contributed by atoms with van der Waals surface area (Å²) in [6.07, 6.45) is 1.17. The van der Waals surface area contributed by atoms with Crippen molar-refractivity contribution in [1.29, 1.82) is 0 Å². The normalized spacial score (nSPS) is 19.9. The van der Waals surface area contributed by atoms with Gasteiger partial charge in [-0.05, 0) is 24.1 Å². The van der Waals surface area contributed by atoms with Gasteiger partial charge in [-0.3, -0.25) is 0 Å². The van der Waals surface area contributed by atoms with Crippen LogP contribution in [0.15, 0.2) is 18.2 Å². The van der Waals surface area contributed by atoms with Crippen LogP contribution < -0.4 is 10.6 Å². The summed E-state index contributed by atoms with van der Waals surface area (Å²) in [5.74, 6) is 0.615. The van der Waals surface area contributed by atoms with E-state index in [0.29, 0.717) is 12.5 Å². The van der Waals surface area contributed by atoms with Crippen LogP contribution in [0.3, 0.4) is 0 Å². The molecular weight excluding hydrogens is 236 g/mol. The molecule has 1 unspecified atom stereocenters. The van der Waals surface area contributed by atoms with Crippen molar-refractivity contribution >= 4 is 17.3 Å². The Morgan fingerprint density at radius 1 is 1.53 bits per heavy atom. The largest absolute Gasteiger partial charge is 0.384 e. The molecule has 0 saturated carbocycles. The van der Waals surface area contributed by atoms with E-state index in [9.17, 15) is 0 Å². The molecule has 1 saturated heterocycles. The molecule has 1 aromatic carbocycles. The highest BCUT2D eigenvalue weighted by atomic mass is 35.5. The van der Waals surface area contributed by atoms with Gasteiger partial charge in [0, 0.05) is 43.4 Å². The van der Waals surface area contributed by atoms with E-state index >= 15 is 0 Å². The predicted molar refractivity (Wildman–Crippen MR) is 71.5 cm³/mol. The van der Waals surface area contributed by atoms with E-state index in [1.165, 1.54) is 12.1 Å². The number of halogens is 1. The van der Waals surface area contributed by atoms with Crippen molar-refractivity contribution in [3.8, 4) is 0 Å². The van der Waals surface area contributed by atoms with Gasteiger partial charge in [-0.15, -0.1) is 0 Å². The van der Waals surface area contributed by atoms with Gasteiger partial charge >= 0.3 is 0 Å². The van der Waals surface area contributed by atoms with Gasteiger partial charge in [0.25, 0.3) is 0 Å². The first-order valence-electron chi connectivity index (χ1n) is 5.97. The fourth-order valence-electron chi connectivity index (χ4n) is 2.43. The van der Waals surface area contributed by atoms with Gasteiger partial charge in [-0.25, -0.2) is 0 Å². The second-order valence-electron chi connectivity index (χ2n) is 4.53. The fraction of sp³-hybridized carbons (Fsp3) is 0.538. The molecule has 1 aliphatic heterocycles. The molecule has 1 aromatic rings. The molecule has 94 valence electrons. The van der Waals surface area contributed by atoms with Crippen LogP contribution in [0.5, 0.6) is 0 Å². The Balaban J connectivity index is 2.14. The SMILES string of the molecule is COCC1CCN(c2cc(Cl)ccc2CN)C1. The lowest BCUT2D eigenvalue weighted by Gasteiger charge is -2.22. The Hall–Kier alpha value is -0.770.